The number of para-hydroxylation sites is 1. The van der Waals surface area contributed by atoms with Gasteiger partial charge in [0.15, 0.2) is 5.16 Å². The van der Waals surface area contributed by atoms with Gasteiger partial charge < -0.3 is 9.15 Å². The van der Waals surface area contributed by atoms with Gasteiger partial charge in [-0.1, -0.05) is 30.0 Å². The number of furan rings is 1. The average Bonchev–Trinajstić information content (AvgIpc) is 2.96. The zero-order valence-electron chi connectivity index (χ0n) is 13.3. The molecule has 0 spiro atoms. The van der Waals surface area contributed by atoms with Crippen molar-refractivity contribution in [1.82, 2.24) is 9.55 Å². The molecule has 0 N–H and O–H groups in total. The summed E-state index contributed by atoms with van der Waals surface area (Å²) < 4.78 is 11.9. The summed E-state index contributed by atoms with van der Waals surface area (Å²) in [5.41, 5.74) is 1.00. The third-order valence-corrected chi connectivity index (χ3v) is 4.64. The number of methoxy groups -OCH3 is 1. The summed E-state index contributed by atoms with van der Waals surface area (Å²) in [5, 5.41) is 0.702. The van der Waals surface area contributed by atoms with Crippen molar-refractivity contribution < 1.29 is 13.9 Å². The number of thioether (sulfide) groups is 1. The molecule has 0 radical (unpaired) electrons. The van der Waals surface area contributed by atoms with Crippen molar-refractivity contribution in [2.75, 3.05) is 7.11 Å². The van der Waals surface area contributed by atoms with Crippen LogP contribution in [0, 0.1) is 0 Å². The summed E-state index contributed by atoms with van der Waals surface area (Å²) in [6, 6.07) is 7.34. The zero-order chi connectivity index (χ0) is 17.3. The Kier molecular flexibility index (Phi) is 4.44. The number of carbonyl (C=O) groups is 1. The van der Waals surface area contributed by atoms with Crippen LogP contribution in [0.3, 0.4) is 0 Å². The van der Waals surface area contributed by atoms with Gasteiger partial charge in [0.05, 0.1) is 7.11 Å². The van der Waals surface area contributed by atoms with Crippen LogP contribution in [0.4, 0.5) is 0 Å². The number of ether oxygens (including phenoxy) is 1. The van der Waals surface area contributed by atoms with E-state index in [1.54, 1.807) is 19.1 Å². The van der Waals surface area contributed by atoms with Gasteiger partial charge >= 0.3 is 5.97 Å². The highest BCUT2D eigenvalue weighted by molar-refractivity contribution is 8.00. The summed E-state index contributed by atoms with van der Waals surface area (Å²) in [4.78, 5) is 29.1. The molecular formula is C17H16N2O4S. The Hall–Kier alpha value is -2.54. The summed E-state index contributed by atoms with van der Waals surface area (Å²) >= 11 is 1.17. The smallest absolute Gasteiger partial charge is 0.318 e. The second-order valence-electron chi connectivity index (χ2n) is 5.16. The van der Waals surface area contributed by atoms with Gasteiger partial charge in [0.2, 0.25) is 5.58 Å². The Labute approximate surface area is 142 Å². The van der Waals surface area contributed by atoms with Crippen LogP contribution in [0.25, 0.3) is 22.1 Å². The molecular weight excluding hydrogens is 328 g/mol. The fraction of sp³-hybridized carbons (Fsp3) is 0.235. The van der Waals surface area contributed by atoms with Crippen molar-refractivity contribution in [3.63, 3.8) is 0 Å². The predicted octanol–water partition coefficient (Wildman–Crippen LogP) is 2.98. The van der Waals surface area contributed by atoms with Crippen LogP contribution in [0.2, 0.25) is 0 Å². The lowest BCUT2D eigenvalue weighted by Crippen LogP contribution is -2.24. The van der Waals surface area contributed by atoms with Crippen LogP contribution in [0.1, 0.15) is 6.92 Å². The molecule has 24 heavy (non-hydrogen) atoms. The quantitative estimate of drug-likeness (QED) is 0.307. The number of carbonyl (C=O) groups excluding carboxylic acids is 1. The first-order chi connectivity index (χ1) is 11.6. The van der Waals surface area contributed by atoms with E-state index in [0.29, 0.717) is 16.3 Å². The van der Waals surface area contributed by atoms with Gasteiger partial charge in [0, 0.05) is 11.9 Å². The molecule has 0 amide bonds. The maximum absolute atomic E-state index is 12.8. The second kappa shape index (κ2) is 6.52. The minimum absolute atomic E-state index is 0.202. The molecule has 1 unspecified atom stereocenters. The highest BCUT2D eigenvalue weighted by Crippen LogP contribution is 2.28. The third-order valence-electron chi connectivity index (χ3n) is 3.57. The monoisotopic (exact) mass is 344 g/mol. The Bertz CT molecular complexity index is 989. The molecule has 2 aromatic heterocycles. The predicted molar refractivity (Wildman–Crippen MR) is 93.3 cm³/mol. The van der Waals surface area contributed by atoms with Crippen molar-refractivity contribution in [3.05, 3.63) is 47.3 Å². The van der Waals surface area contributed by atoms with Gasteiger partial charge in [-0.15, -0.1) is 6.58 Å². The lowest BCUT2D eigenvalue weighted by Gasteiger charge is -2.12. The Balaban J connectivity index is 2.24. The van der Waals surface area contributed by atoms with Gasteiger partial charge in [0.1, 0.15) is 16.3 Å². The van der Waals surface area contributed by atoms with Crippen LogP contribution in [-0.4, -0.2) is 27.9 Å². The van der Waals surface area contributed by atoms with Crippen LogP contribution in [0.15, 0.2) is 51.3 Å². The average molecular weight is 344 g/mol. The third kappa shape index (κ3) is 2.71. The lowest BCUT2D eigenvalue weighted by molar-refractivity contribution is -0.139. The standard InChI is InChI=1S/C17H16N2O4S/c1-4-9-19-15(20)14-13(11-7-5-6-8-12(11)23-14)18-17(19)24-10(2)16(21)22-3/h4-8,10H,1,9H2,2-3H3. The molecule has 1 aromatic carbocycles. The maximum atomic E-state index is 12.8. The van der Waals surface area contributed by atoms with E-state index < -0.39 is 5.25 Å². The van der Waals surface area contributed by atoms with Crippen LogP contribution >= 0.6 is 11.8 Å². The van der Waals surface area contributed by atoms with Crippen LogP contribution in [-0.2, 0) is 16.1 Å². The molecule has 2 heterocycles. The first-order valence-corrected chi connectivity index (χ1v) is 8.22. The molecule has 3 aromatic rings. The number of benzene rings is 1. The topological polar surface area (TPSA) is 74.3 Å². The highest BCUT2D eigenvalue weighted by Gasteiger charge is 2.21. The second-order valence-corrected chi connectivity index (χ2v) is 6.47. The first-order valence-electron chi connectivity index (χ1n) is 7.34. The minimum atomic E-state index is -0.492. The summed E-state index contributed by atoms with van der Waals surface area (Å²) in [5.74, 6) is -0.378. The van der Waals surface area contributed by atoms with E-state index in [1.807, 2.05) is 18.2 Å². The molecule has 3 rings (SSSR count). The van der Waals surface area contributed by atoms with Crippen molar-refractivity contribution in [3.8, 4) is 0 Å². The van der Waals surface area contributed by atoms with Crippen LogP contribution in [0.5, 0.6) is 0 Å². The minimum Gasteiger partial charge on any atom is -0.468 e. The molecule has 0 aliphatic carbocycles. The molecule has 0 fully saturated rings. The van der Waals surface area contributed by atoms with Crippen molar-refractivity contribution in [2.24, 2.45) is 0 Å². The molecule has 0 aliphatic heterocycles. The number of nitrogens with zero attached hydrogens (tertiary/aromatic N) is 2. The molecule has 0 saturated carbocycles. The number of allylic oxidation sites excluding steroid dienone is 1. The van der Waals surface area contributed by atoms with Crippen molar-refractivity contribution in [2.45, 2.75) is 23.9 Å². The number of rotatable bonds is 5. The zero-order valence-corrected chi connectivity index (χ0v) is 14.1. The van der Waals surface area contributed by atoms with Gasteiger partial charge in [-0.25, -0.2) is 4.98 Å². The van der Waals surface area contributed by atoms with Gasteiger partial charge in [0.25, 0.3) is 5.56 Å². The molecule has 124 valence electrons. The Morgan fingerprint density at radius 1 is 1.50 bits per heavy atom. The Morgan fingerprint density at radius 2 is 2.25 bits per heavy atom. The maximum Gasteiger partial charge on any atom is 0.318 e. The fourth-order valence-electron chi connectivity index (χ4n) is 2.41. The van der Waals surface area contributed by atoms with Gasteiger partial charge in [-0.2, -0.15) is 0 Å². The van der Waals surface area contributed by atoms with E-state index >= 15 is 0 Å². The molecule has 0 saturated heterocycles. The van der Waals surface area contributed by atoms with E-state index in [4.69, 9.17) is 9.15 Å². The number of aromatic nitrogens is 2. The fourth-order valence-corrected chi connectivity index (χ4v) is 3.34. The molecule has 7 heteroatoms. The van der Waals surface area contributed by atoms with E-state index in [2.05, 4.69) is 11.6 Å². The summed E-state index contributed by atoms with van der Waals surface area (Å²) in [6.45, 7) is 5.65. The molecule has 1 atom stereocenters. The number of esters is 1. The molecule has 6 nitrogen and oxygen atoms in total. The van der Waals surface area contributed by atoms with Crippen molar-refractivity contribution >= 4 is 39.8 Å². The van der Waals surface area contributed by atoms with Crippen molar-refractivity contribution in [1.29, 1.82) is 0 Å². The highest BCUT2D eigenvalue weighted by atomic mass is 32.2. The van der Waals surface area contributed by atoms with Gasteiger partial charge in [-0.05, 0) is 19.1 Å². The summed E-state index contributed by atoms with van der Waals surface area (Å²) in [7, 11) is 1.33. The van der Waals surface area contributed by atoms with E-state index in [-0.39, 0.29) is 23.7 Å². The van der Waals surface area contributed by atoms with E-state index in [1.165, 1.54) is 23.4 Å². The number of hydrogen-bond donors (Lipinski definition) is 0. The van der Waals surface area contributed by atoms with E-state index in [0.717, 1.165) is 5.39 Å². The number of fused-ring (bicyclic) bond motifs is 3. The first kappa shape index (κ1) is 16.3. The lowest BCUT2D eigenvalue weighted by atomic mass is 10.2. The normalized spacial score (nSPS) is 12.4. The van der Waals surface area contributed by atoms with Gasteiger partial charge in [-0.3, -0.25) is 14.2 Å². The van der Waals surface area contributed by atoms with Crippen LogP contribution < -0.4 is 5.56 Å². The number of hydrogen-bond acceptors (Lipinski definition) is 6. The molecule has 0 bridgehead atoms. The molecule has 0 aliphatic rings. The van der Waals surface area contributed by atoms with E-state index in [9.17, 15) is 9.59 Å². The Morgan fingerprint density at radius 3 is 2.96 bits per heavy atom. The summed E-state index contributed by atoms with van der Waals surface area (Å²) in [6.07, 6.45) is 1.60. The SMILES string of the molecule is C=CCn1c(SC(C)C(=O)OC)nc2c(oc3ccccc32)c1=O. The largest absolute Gasteiger partial charge is 0.468 e.